The molecule has 0 amide bonds. The summed E-state index contributed by atoms with van der Waals surface area (Å²) < 4.78 is 46.3. The predicted octanol–water partition coefficient (Wildman–Crippen LogP) is 4.98. The molecule has 4 aliphatic carbocycles. The molecule has 4 fully saturated rings. The molecule has 8 heteroatoms. The molecule has 3 N–H and O–H groups in total. The predicted molar refractivity (Wildman–Crippen MR) is 146 cm³/mol. The number of Topliss-reactive ketones (excluding diaryl/α,β-unsaturated/α-hetero) is 1. The number of allylic oxidation sites excluding steroid dienone is 4. The molecule has 5 aliphatic rings. The van der Waals surface area contributed by atoms with Gasteiger partial charge in [0.2, 0.25) is 0 Å². The van der Waals surface area contributed by atoms with E-state index < -0.39 is 58.6 Å². The van der Waals surface area contributed by atoms with Gasteiger partial charge in [0.1, 0.15) is 6.17 Å². The molecule has 216 valence electrons. The van der Waals surface area contributed by atoms with Crippen molar-refractivity contribution < 1.29 is 33.0 Å². The first kappa shape index (κ1) is 27.7. The van der Waals surface area contributed by atoms with E-state index in [4.69, 9.17) is 15.2 Å². The van der Waals surface area contributed by atoms with Crippen LogP contribution in [0.2, 0.25) is 0 Å². The lowest BCUT2D eigenvalue weighted by atomic mass is 9.44. The Morgan fingerprint density at radius 3 is 2.60 bits per heavy atom. The average molecular weight is 556 g/mol. The molecule has 0 aromatic heterocycles. The lowest BCUT2D eigenvalue weighted by Gasteiger charge is -2.63. The second kappa shape index (κ2) is 9.30. The number of hydrogen-bond acceptors (Lipinski definition) is 6. The third kappa shape index (κ3) is 3.54. The van der Waals surface area contributed by atoms with Crippen molar-refractivity contribution in [2.24, 2.45) is 22.7 Å². The molecular weight excluding hydrogens is 516 g/mol. The molecule has 6 nitrogen and oxygen atoms in total. The third-order valence-electron chi connectivity index (χ3n) is 11.0. The molecule has 0 bridgehead atoms. The molecule has 1 aliphatic heterocycles. The summed E-state index contributed by atoms with van der Waals surface area (Å²) in [6.07, 6.45) is 1.91. The second-order valence-corrected chi connectivity index (χ2v) is 13.0. The minimum atomic E-state index is -2.21. The Morgan fingerprint density at radius 2 is 1.90 bits per heavy atom. The number of hydrogen-bond donors (Lipinski definition) is 2. The zero-order chi connectivity index (χ0) is 28.7. The molecule has 1 aromatic rings. The zero-order valence-corrected chi connectivity index (χ0v) is 23.4. The number of nitrogen functional groups attached to an aromatic ring is 1. The molecule has 1 heterocycles. The minimum Gasteiger partial charge on any atom is -0.399 e. The number of nitrogens with two attached hydrogens (primary N) is 1. The summed E-state index contributed by atoms with van der Waals surface area (Å²) in [5, 5.41) is 11.7. The number of fused-ring (bicyclic) bond motifs is 7. The number of benzene rings is 1. The first-order valence-corrected chi connectivity index (χ1v) is 14.6. The molecule has 3 saturated carbocycles. The van der Waals surface area contributed by atoms with Gasteiger partial charge in [0.15, 0.2) is 29.1 Å². The highest BCUT2D eigenvalue weighted by Gasteiger charge is 2.79. The van der Waals surface area contributed by atoms with Gasteiger partial charge in [-0.1, -0.05) is 38.5 Å². The maximum absolute atomic E-state index is 17.5. The summed E-state index contributed by atoms with van der Waals surface area (Å²) >= 11 is 0. The maximum atomic E-state index is 17.5. The van der Waals surface area contributed by atoms with Crippen molar-refractivity contribution in [2.75, 3.05) is 5.73 Å². The van der Waals surface area contributed by atoms with Gasteiger partial charge < -0.3 is 20.3 Å². The van der Waals surface area contributed by atoms with E-state index in [1.165, 1.54) is 18.2 Å². The highest BCUT2D eigenvalue weighted by Crippen LogP contribution is 2.72. The van der Waals surface area contributed by atoms with Gasteiger partial charge >= 0.3 is 0 Å². The summed E-state index contributed by atoms with van der Waals surface area (Å²) in [6.45, 7) is 5.50. The quantitative estimate of drug-likeness (QED) is 0.481. The summed E-state index contributed by atoms with van der Waals surface area (Å²) in [7, 11) is 0. The number of anilines is 1. The first-order chi connectivity index (χ1) is 18.9. The van der Waals surface area contributed by atoms with E-state index in [0.717, 1.165) is 12.0 Å². The van der Waals surface area contributed by atoms with Crippen molar-refractivity contribution in [3.05, 3.63) is 53.6 Å². The normalized spacial score (nSPS) is 45.4. The van der Waals surface area contributed by atoms with Gasteiger partial charge in [-0.2, -0.15) is 0 Å². The Kier molecular flexibility index (Phi) is 6.45. The van der Waals surface area contributed by atoms with Crippen LogP contribution in [0.25, 0.3) is 0 Å². The Hall–Kier alpha value is -2.42. The largest absolute Gasteiger partial charge is 0.399 e. The topological polar surface area (TPSA) is 98.9 Å². The lowest BCUT2D eigenvalue weighted by molar-refractivity contribution is -0.234. The fourth-order valence-electron chi connectivity index (χ4n) is 9.01. The van der Waals surface area contributed by atoms with E-state index in [-0.39, 0.29) is 36.4 Å². The number of rotatable bonds is 6. The smallest absolute Gasteiger partial charge is 0.178 e. The van der Waals surface area contributed by atoms with Gasteiger partial charge in [0.05, 0.1) is 12.2 Å². The first-order valence-electron chi connectivity index (χ1n) is 14.6. The molecule has 40 heavy (non-hydrogen) atoms. The molecule has 1 aromatic carbocycles. The van der Waals surface area contributed by atoms with Crippen LogP contribution in [0, 0.1) is 22.7 Å². The average Bonchev–Trinajstić information content (AvgIpc) is 3.39. The summed E-state index contributed by atoms with van der Waals surface area (Å²) in [4.78, 5) is 26.4. The molecule has 0 radical (unpaired) electrons. The molecule has 1 saturated heterocycles. The van der Waals surface area contributed by atoms with Crippen molar-refractivity contribution in [1.82, 2.24) is 0 Å². The molecule has 1 unspecified atom stereocenters. The highest BCUT2D eigenvalue weighted by molar-refractivity contribution is 6.01. The number of carbonyl (C=O) groups excluding carboxylic acids is 2. The fraction of sp³-hybridized carbons (Fsp3) is 0.625. The van der Waals surface area contributed by atoms with Crippen LogP contribution < -0.4 is 5.73 Å². The van der Waals surface area contributed by atoms with Gasteiger partial charge in [-0.25, -0.2) is 8.78 Å². The van der Waals surface area contributed by atoms with Gasteiger partial charge in [0.25, 0.3) is 0 Å². The summed E-state index contributed by atoms with van der Waals surface area (Å²) in [6, 6.07) is 7.38. The van der Waals surface area contributed by atoms with E-state index >= 15 is 8.78 Å². The SMILES string of the molecule is CCCC1O[C@@H]2C[C@H]3[C@@H]4C[C@H](F)C5=CC(=O)C=C[C@]5(C)[C@@]4(F)[C@@H](O)C[C@]3(C)[C@]2(C(=O)CCc2ccc(N)cc2)O1. The van der Waals surface area contributed by atoms with E-state index in [2.05, 4.69) is 0 Å². The third-order valence-corrected chi connectivity index (χ3v) is 11.0. The second-order valence-electron chi connectivity index (χ2n) is 13.0. The number of alkyl halides is 2. The number of aliphatic hydroxyl groups is 1. The van der Waals surface area contributed by atoms with Gasteiger partial charge in [-0.15, -0.1) is 0 Å². The van der Waals surface area contributed by atoms with Crippen molar-refractivity contribution in [3.8, 4) is 0 Å². The van der Waals surface area contributed by atoms with Crippen LogP contribution >= 0.6 is 0 Å². The van der Waals surface area contributed by atoms with E-state index in [0.29, 0.717) is 24.9 Å². The number of carbonyl (C=O) groups is 2. The van der Waals surface area contributed by atoms with Crippen molar-refractivity contribution in [1.29, 1.82) is 0 Å². The molecule has 0 spiro atoms. The van der Waals surface area contributed by atoms with Crippen molar-refractivity contribution in [2.45, 2.75) is 102 Å². The van der Waals surface area contributed by atoms with Crippen LogP contribution in [0.15, 0.2) is 48.1 Å². The van der Waals surface area contributed by atoms with Gasteiger partial charge in [0, 0.05) is 28.9 Å². The zero-order valence-electron chi connectivity index (χ0n) is 23.4. The Morgan fingerprint density at radius 1 is 1.18 bits per heavy atom. The Labute approximate surface area is 234 Å². The van der Waals surface area contributed by atoms with Crippen LogP contribution in [0.3, 0.4) is 0 Å². The number of aliphatic hydroxyl groups excluding tert-OH is 1. The van der Waals surface area contributed by atoms with Gasteiger partial charge in [-0.3, -0.25) is 9.59 Å². The van der Waals surface area contributed by atoms with Crippen LogP contribution in [-0.4, -0.2) is 52.6 Å². The maximum Gasteiger partial charge on any atom is 0.178 e. The molecular formula is C32H39F2NO5. The Balaban J connectivity index is 1.39. The number of halogens is 2. The van der Waals surface area contributed by atoms with Crippen LogP contribution in [0.5, 0.6) is 0 Å². The van der Waals surface area contributed by atoms with E-state index in [1.807, 2.05) is 26.0 Å². The minimum absolute atomic E-state index is 0.0292. The van der Waals surface area contributed by atoms with E-state index in [9.17, 15) is 14.7 Å². The standard InChI is InChI=1S/C32H39F2NO5/c1-4-5-28-39-27-16-21-22-15-24(33)23-14-20(36)12-13-29(23,2)31(22,34)26(38)17-30(21,3)32(27,40-28)25(37)11-8-18-6-9-19(35)10-7-18/h6-7,9-10,12-14,21-22,24,26-28,38H,4-5,8,11,15-17,35H2,1-3H3/t21-,22-,24-,26-,27+,28?,29-,30-,31-,32+/m0/s1. The van der Waals surface area contributed by atoms with Crippen LogP contribution in [0.4, 0.5) is 14.5 Å². The number of ether oxygens (including phenoxy) is 2. The number of aryl methyl sites for hydroxylation is 1. The lowest BCUT2D eigenvalue weighted by Crippen LogP contribution is -2.70. The van der Waals surface area contributed by atoms with Crippen molar-refractivity contribution >= 4 is 17.3 Å². The van der Waals surface area contributed by atoms with Gasteiger partial charge in [-0.05, 0) is 80.4 Å². The monoisotopic (exact) mass is 555 g/mol. The Bertz CT molecular complexity index is 1280. The van der Waals surface area contributed by atoms with Crippen LogP contribution in [-0.2, 0) is 25.5 Å². The fourth-order valence-corrected chi connectivity index (χ4v) is 9.01. The summed E-state index contributed by atoms with van der Waals surface area (Å²) in [5.41, 5.74) is 1.50. The van der Waals surface area contributed by atoms with E-state index in [1.54, 1.807) is 19.1 Å². The highest BCUT2D eigenvalue weighted by atomic mass is 19.1. The van der Waals surface area contributed by atoms with Crippen molar-refractivity contribution in [3.63, 3.8) is 0 Å². The van der Waals surface area contributed by atoms with Crippen LogP contribution in [0.1, 0.15) is 64.9 Å². The molecule has 10 atom stereocenters. The number of ketones is 2. The summed E-state index contributed by atoms with van der Waals surface area (Å²) in [5.74, 6) is -1.85. The molecule has 6 rings (SSSR count).